The Balaban J connectivity index is 1.82. The van der Waals surface area contributed by atoms with Crippen LogP contribution in [-0.4, -0.2) is 44.3 Å². The smallest absolute Gasteiger partial charge is 0.264 e. The molecule has 0 aliphatic rings. The molecule has 8 heteroatoms. The van der Waals surface area contributed by atoms with Crippen LogP contribution >= 0.6 is 0 Å². The predicted molar refractivity (Wildman–Crippen MR) is 181 cm³/mol. The molecular formula is C37H43N3O4S. The number of carbonyl (C=O) groups is 2. The Labute approximate surface area is 268 Å². The predicted octanol–water partition coefficient (Wildman–Crippen LogP) is 6.28. The van der Waals surface area contributed by atoms with Crippen LogP contribution in [0.15, 0.2) is 102 Å². The lowest BCUT2D eigenvalue weighted by molar-refractivity contribution is -0.140. The number of hydrogen-bond donors (Lipinski definition) is 1. The van der Waals surface area contributed by atoms with Crippen molar-refractivity contribution < 1.29 is 18.0 Å². The minimum atomic E-state index is -4.15. The van der Waals surface area contributed by atoms with Crippen molar-refractivity contribution in [2.75, 3.05) is 17.4 Å². The van der Waals surface area contributed by atoms with E-state index in [1.807, 2.05) is 95.3 Å². The third-order valence-corrected chi connectivity index (χ3v) is 9.43. The van der Waals surface area contributed by atoms with Gasteiger partial charge in [-0.3, -0.25) is 13.9 Å². The van der Waals surface area contributed by atoms with Crippen LogP contribution in [0.5, 0.6) is 0 Å². The number of amides is 2. The van der Waals surface area contributed by atoms with E-state index in [-0.39, 0.29) is 23.8 Å². The molecule has 0 spiro atoms. The van der Waals surface area contributed by atoms with Crippen LogP contribution in [0.1, 0.15) is 46.7 Å². The number of hydrogen-bond acceptors (Lipinski definition) is 4. The summed E-state index contributed by atoms with van der Waals surface area (Å²) in [5.41, 5.74) is 5.84. The first-order valence-corrected chi connectivity index (χ1v) is 16.8. The Hall–Kier alpha value is -4.43. The monoisotopic (exact) mass is 625 g/mol. The Kier molecular flexibility index (Phi) is 11.2. The van der Waals surface area contributed by atoms with Gasteiger partial charge in [-0.25, -0.2) is 8.42 Å². The van der Waals surface area contributed by atoms with Crippen LogP contribution in [0, 0.1) is 27.7 Å². The molecule has 2 amide bonds. The molecule has 7 nitrogen and oxygen atoms in total. The van der Waals surface area contributed by atoms with Crippen molar-refractivity contribution in [1.82, 2.24) is 10.2 Å². The van der Waals surface area contributed by atoms with Gasteiger partial charge in [-0.15, -0.1) is 0 Å². The highest BCUT2D eigenvalue weighted by atomic mass is 32.2. The van der Waals surface area contributed by atoms with Crippen molar-refractivity contribution in [2.45, 2.75) is 64.9 Å². The Morgan fingerprint density at radius 1 is 0.733 bits per heavy atom. The van der Waals surface area contributed by atoms with Crippen LogP contribution in [-0.2, 0) is 32.6 Å². The zero-order valence-corrected chi connectivity index (χ0v) is 27.6. The van der Waals surface area contributed by atoms with Gasteiger partial charge in [-0.2, -0.15) is 0 Å². The van der Waals surface area contributed by atoms with Gasteiger partial charge < -0.3 is 10.2 Å². The van der Waals surface area contributed by atoms with Crippen LogP contribution in [0.4, 0.5) is 5.69 Å². The number of rotatable bonds is 13. The number of carbonyl (C=O) groups excluding carboxylic acids is 2. The fourth-order valence-corrected chi connectivity index (χ4v) is 6.79. The molecule has 4 rings (SSSR count). The topological polar surface area (TPSA) is 86.8 Å². The third kappa shape index (κ3) is 8.82. The van der Waals surface area contributed by atoms with E-state index < -0.39 is 28.5 Å². The summed E-state index contributed by atoms with van der Waals surface area (Å²) in [6.45, 7) is 9.76. The minimum Gasteiger partial charge on any atom is -0.354 e. The highest BCUT2D eigenvalue weighted by molar-refractivity contribution is 7.92. The fraction of sp³-hybridized carbons (Fsp3) is 0.297. The molecule has 1 atom stereocenters. The number of aryl methyl sites for hydroxylation is 4. The van der Waals surface area contributed by atoms with Gasteiger partial charge in [0.15, 0.2) is 0 Å². The van der Waals surface area contributed by atoms with E-state index in [1.165, 1.54) is 9.21 Å². The van der Waals surface area contributed by atoms with E-state index in [2.05, 4.69) is 5.32 Å². The molecule has 0 aliphatic carbocycles. The minimum absolute atomic E-state index is 0.0896. The summed E-state index contributed by atoms with van der Waals surface area (Å²) in [6.07, 6.45) is 1.02. The average Bonchev–Trinajstić information content (AvgIpc) is 3.00. The van der Waals surface area contributed by atoms with Gasteiger partial charge in [0.1, 0.15) is 12.6 Å². The quantitative estimate of drug-likeness (QED) is 0.190. The highest BCUT2D eigenvalue weighted by Gasteiger charge is 2.34. The van der Waals surface area contributed by atoms with E-state index in [9.17, 15) is 18.0 Å². The van der Waals surface area contributed by atoms with Crippen molar-refractivity contribution in [3.8, 4) is 0 Å². The average molecular weight is 626 g/mol. The van der Waals surface area contributed by atoms with E-state index in [4.69, 9.17) is 0 Å². The SMILES string of the molecule is CCCNC(=O)[C@H](Cc1ccccc1)N(Cc1cccc(C)c1)C(=O)CN(c1cc(C)cc(C)c1)S(=O)(=O)c1ccc(C)cc1. The van der Waals surface area contributed by atoms with Gasteiger partial charge in [0.05, 0.1) is 10.6 Å². The summed E-state index contributed by atoms with van der Waals surface area (Å²) in [4.78, 5) is 30.0. The number of anilines is 1. The fourth-order valence-electron chi connectivity index (χ4n) is 5.39. The molecule has 236 valence electrons. The molecule has 0 unspecified atom stereocenters. The molecule has 1 N–H and O–H groups in total. The van der Waals surface area contributed by atoms with Crippen molar-refractivity contribution in [3.63, 3.8) is 0 Å². The number of nitrogens with zero attached hydrogens (tertiary/aromatic N) is 2. The summed E-state index contributed by atoms with van der Waals surface area (Å²) in [7, 11) is -4.15. The second-order valence-corrected chi connectivity index (χ2v) is 13.5. The summed E-state index contributed by atoms with van der Waals surface area (Å²) in [5.74, 6) is -0.750. The largest absolute Gasteiger partial charge is 0.354 e. The zero-order chi connectivity index (χ0) is 32.6. The summed E-state index contributed by atoms with van der Waals surface area (Å²) >= 11 is 0. The van der Waals surface area contributed by atoms with Crippen LogP contribution in [0.3, 0.4) is 0 Å². The molecule has 4 aromatic rings. The zero-order valence-electron chi connectivity index (χ0n) is 26.8. The maximum atomic E-state index is 14.6. The Morgan fingerprint density at radius 2 is 1.38 bits per heavy atom. The molecule has 0 aromatic heterocycles. The van der Waals surface area contributed by atoms with Crippen LogP contribution < -0.4 is 9.62 Å². The van der Waals surface area contributed by atoms with E-state index in [1.54, 1.807) is 36.4 Å². The molecule has 4 aromatic carbocycles. The van der Waals surface area contributed by atoms with E-state index >= 15 is 0 Å². The molecule has 0 radical (unpaired) electrons. The van der Waals surface area contributed by atoms with Gasteiger partial charge in [0, 0.05) is 19.5 Å². The summed E-state index contributed by atoms with van der Waals surface area (Å²) < 4.78 is 29.7. The lowest BCUT2D eigenvalue weighted by atomic mass is 10.0. The molecule has 0 fully saturated rings. The Morgan fingerprint density at radius 3 is 2.00 bits per heavy atom. The van der Waals surface area contributed by atoms with Crippen LogP contribution in [0.2, 0.25) is 0 Å². The standard InChI is InChI=1S/C37H43N3O4S/c1-6-19-38-37(42)35(24-31-12-8-7-9-13-31)39(25-32-14-10-11-28(3)21-32)36(41)26-40(33-22-29(4)20-30(5)23-33)45(43,44)34-17-15-27(2)16-18-34/h7-18,20-23,35H,6,19,24-26H2,1-5H3,(H,38,42)/t35-/m0/s1. The molecule has 0 saturated carbocycles. The van der Waals surface area contributed by atoms with E-state index in [0.29, 0.717) is 12.2 Å². The molecule has 0 bridgehead atoms. The summed E-state index contributed by atoms with van der Waals surface area (Å²) in [5, 5.41) is 2.98. The summed E-state index contributed by atoms with van der Waals surface area (Å²) in [6, 6.07) is 28.6. The first-order chi connectivity index (χ1) is 21.5. The first kappa shape index (κ1) is 33.5. The molecule has 0 heterocycles. The Bertz CT molecular complexity index is 1700. The van der Waals surface area contributed by atoms with Crippen molar-refractivity contribution in [1.29, 1.82) is 0 Å². The number of sulfonamides is 1. The van der Waals surface area contributed by atoms with E-state index in [0.717, 1.165) is 39.8 Å². The first-order valence-electron chi connectivity index (χ1n) is 15.3. The third-order valence-electron chi connectivity index (χ3n) is 7.64. The lowest BCUT2D eigenvalue weighted by Crippen LogP contribution is -2.53. The molecule has 45 heavy (non-hydrogen) atoms. The number of nitrogens with one attached hydrogen (secondary N) is 1. The second-order valence-electron chi connectivity index (χ2n) is 11.7. The molecule has 0 saturated heterocycles. The lowest BCUT2D eigenvalue weighted by Gasteiger charge is -2.34. The maximum Gasteiger partial charge on any atom is 0.264 e. The van der Waals surface area contributed by atoms with Gasteiger partial charge in [0.2, 0.25) is 11.8 Å². The van der Waals surface area contributed by atoms with Gasteiger partial charge in [-0.1, -0.05) is 90.8 Å². The van der Waals surface area contributed by atoms with Crippen molar-refractivity contribution in [3.05, 3.63) is 130 Å². The van der Waals surface area contributed by atoms with Crippen LogP contribution in [0.25, 0.3) is 0 Å². The van der Waals surface area contributed by atoms with Gasteiger partial charge in [-0.05, 0) is 80.6 Å². The molecular weight excluding hydrogens is 582 g/mol. The maximum absolute atomic E-state index is 14.6. The molecule has 0 aliphatic heterocycles. The normalized spacial score (nSPS) is 11.9. The van der Waals surface area contributed by atoms with Gasteiger partial charge in [0.25, 0.3) is 10.0 Å². The van der Waals surface area contributed by atoms with Gasteiger partial charge >= 0.3 is 0 Å². The highest BCUT2D eigenvalue weighted by Crippen LogP contribution is 2.27. The second kappa shape index (κ2) is 15.0. The van der Waals surface area contributed by atoms with Crippen molar-refractivity contribution in [2.24, 2.45) is 0 Å². The number of benzene rings is 4. The van der Waals surface area contributed by atoms with Crippen molar-refractivity contribution >= 4 is 27.5 Å².